The smallest absolute Gasteiger partial charge is 0.320 e. The molecule has 3 amide bonds. The van der Waals surface area contributed by atoms with Gasteiger partial charge in [-0.2, -0.15) is 0 Å². The van der Waals surface area contributed by atoms with Gasteiger partial charge in [0.2, 0.25) is 0 Å². The van der Waals surface area contributed by atoms with Gasteiger partial charge in [0.05, 0.1) is 24.6 Å². The summed E-state index contributed by atoms with van der Waals surface area (Å²) in [6, 6.07) is 23.9. The van der Waals surface area contributed by atoms with Crippen LogP contribution in [-0.4, -0.2) is 99.3 Å². The summed E-state index contributed by atoms with van der Waals surface area (Å²) in [4.78, 5) is 35.0. The number of nitrogens with two attached hydrogens (primary N) is 1. The lowest BCUT2D eigenvalue weighted by molar-refractivity contribution is 0.0425. The zero-order chi connectivity index (χ0) is 29.3. The highest BCUT2D eigenvalue weighted by Crippen LogP contribution is 2.33. The molecule has 2 aliphatic heterocycles. The molecule has 9 nitrogen and oxygen atoms in total. The van der Waals surface area contributed by atoms with Gasteiger partial charge in [0.15, 0.2) is 0 Å². The topological polar surface area (TPSA) is 94.4 Å². The molecular weight excluding hydrogens is 528 g/mol. The molecule has 0 aliphatic carbocycles. The Kier molecular flexibility index (Phi) is 10.1. The molecule has 0 unspecified atom stereocenters. The van der Waals surface area contributed by atoms with Crippen LogP contribution in [0.25, 0.3) is 11.1 Å². The Morgan fingerprint density at radius 3 is 2.36 bits per heavy atom. The van der Waals surface area contributed by atoms with Crippen molar-refractivity contribution in [3.63, 3.8) is 0 Å². The summed E-state index contributed by atoms with van der Waals surface area (Å²) in [7, 11) is 2.14. The summed E-state index contributed by atoms with van der Waals surface area (Å²) >= 11 is 0. The Balaban J connectivity index is 1.40. The minimum atomic E-state index is -0.131. The number of piperazine rings is 1. The zero-order valence-electron chi connectivity index (χ0n) is 24.5. The summed E-state index contributed by atoms with van der Waals surface area (Å²) in [6.45, 7) is 7.73. The first-order valence-electron chi connectivity index (χ1n) is 14.9. The van der Waals surface area contributed by atoms with Crippen LogP contribution >= 0.6 is 0 Å². The van der Waals surface area contributed by atoms with Gasteiger partial charge in [-0.1, -0.05) is 42.5 Å². The third kappa shape index (κ3) is 7.47. The Morgan fingerprint density at radius 2 is 1.62 bits per heavy atom. The van der Waals surface area contributed by atoms with Gasteiger partial charge in [0.25, 0.3) is 5.91 Å². The molecule has 3 N–H and O–H groups in total. The lowest BCUT2D eigenvalue weighted by Gasteiger charge is -2.35. The number of nitrogens with zero attached hydrogens (tertiary/aromatic N) is 4. The molecule has 2 aliphatic rings. The molecule has 5 rings (SSSR count). The average molecular weight is 571 g/mol. The number of benzene rings is 3. The van der Waals surface area contributed by atoms with Gasteiger partial charge in [-0.3, -0.25) is 4.79 Å². The SMILES string of the molecule is CN1CCN(c2ccc(-c3cccc(CN(CCCN)C(=O)N4CCOCC4)c3)cc2NC(=O)c2ccccc2)CC1. The standard InChI is InChI=1S/C33H42N6O3/c1-36-15-17-37(18-16-36)31-12-11-29(24-30(31)35-32(40)27-8-3-2-4-9-27)28-10-5-7-26(23-28)25-39(14-6-13-34)33(41)38-19-21-42-22-20-38/h2-5,7-12,23-24H,6,13-22,25,34H2,1H3,(H,35,40). The molecule has 2 saturated heterocycles. The highest BCUT2D eigenvalue weighted by atomic mass is 16.5. The number of hydrogen-bond acceptors (Lipinski definition) is 6. The molecule has 3 aromatic rings. The Morgan fingerprint density at radius 1 is 0.881 bits per heavy atom. The number of hydrogen-bond donors (Lipinski definition) is 2. The van der Waals surface area contributed by atoms with E-state index in [1.807, 2.05) is 46.2 Å². The van der Waals surface area contributed by atoms with Gasteiger partial charge < -0.3 is 35.4 Å². The summed E-state index contributed by atoms with van der Waals surface area (Å²) in [5.41, 5.74) is 11.3. The molecule has 0 aromatic heterocycles. The molecule has 0 atom stereocenters. The number of carbonyl (C=O) groups excluding carboxylic acids is 2. The number of rotatable bonds is 9. The molecule has 0 saturated carbocycles. The van der Waals surface area contributed by atoms with Crippen molar-refractivity contribution in [3.8, 4) is 11.1 Å². The van der Waals surface area contributed by atoms with E-state index in [4.69, 9.17) is 10.5 Å². The van der Waals surface area contributed by atoms with E-state index in [0.717, 1.165) is 60.7 Å². The minimum Gasteiger partial charge on any atom is -0.378 e. The molecule has 0 spiro atoms. The first kappa shape index (κ1) is 29.6. The lowest BCUT2D eigenvalue weighted by atomic mass is 10.0. The number of ether oxygens (including phenoxy) is 1. The fraction of sp³-hybridized carbons (Fsp3) is 0.394. The van der Waals surface area contributed by atoms with Crippen LogP contribution in [0.4, 0.5) is 16.2 Å². The van der Waals surface area contributed by atoms with E-state index in [0.29, 0.717) is 51.5 Å². The third-order valence-electron chi connectivity index (χ3n) is 7.94. The molecule has 0 radical (unpaired) electrons. The van der Waals surface area contributed by atoms with Crippen molar-refractivity contribution < 1.29 is 14.3 Å². The summed E-state index contributed by atoms with van der Waals surface area (Å²) in [5.74, 6) is -0.131. The predicted molar refractivity (Wildman–Crippen MR) is 168 cm³/mol. The first-order valence-corrected chi connectivity index (χ1v) is 14.9. The number of anilines is 2. The van der Waals surface area contributed by atoms with Crippen molar-refractivity contribution in [1.82, 2.24) is 14.7 Å². The lowest BCUT2D eigenvalue weighted by Crippen LogP contribution is -2.48. The molecule has 42 heavy (non-hydrogen) atoms. The van der Waals surface area contributed by atoms with Crippen molar-refractivity contribution in [2.75, 3.05) is 82.8 Å². The molecule has 222 valence electrons. The Bertz CT molecular complexity index is 1340. The van der Waals surface area contributed by atoms with Crippen LogP contribution in [0.1, 0.15) is 22.3 Å². The van der Waals surface area contributed by atoms with Crippen LogP contribution in [0.3, 0.4) is 0 Å². The molecular formula is C33H42N6O3. The second-order valence-corrected chi connectivity index (χ2v) is 11.0. The fourth-order valence-corrected chi connectivity index (χ4v) is 5.47. The number of urea groups is 1. The van der Waals surface area contributed by atoms with Gasteiger partial charge in [0.1, 0.15) is 0 Å². The van der Waals surface area contributed by atoms with Crippen LogP contribution in [0.5, 0.6) is 0 Å². The Hall–Kier alpha value is -3.92. The maximum Gasteiger partial charge on any atom is 0.320 e. The van der Waals surface area contributed by atoms with Crippen molar-refractivity contribution >= 4 is 23.3 Å². The zero-order valence-corrected chi connectivity index (χ0v) is 24.5. The number of nitrogens with one attached hydrogen (secondary N) is 1. The van der Waals surface area contributed by atoms with Crippen LogP contribution in [0.2, 0.25) is 0 Å². The van der Waals surface area contributed by atoms with E-state index in [1.54, 1.807) is 0 Å². The number of likely N-dealkylation sites (N-methyl/N-ethyl adjacent to an activating group) is 1. The number of morpholine rings is 1. The summed E-state index contributed by atoms with van der Waals surface area (Å²) in [5, 5.41) is 3.19. The van der Waals surface area contributed by atoms with Gasteiger partial charge in [-0.25, -0.2) is 4.79 Å². The van der Waals surface area contributed by atoms with E-state index < -0.39 is 0 Å². The normalized spacial score (nSPS) is 15.9. The van der Waals surface area contributed by atoms with Crippen molar-refractivity contribution in [2.24, 2.45) is 5.73 Å². The number of carbonyl (C=O) groups is 2. The van der Waals surface area contributed by atoms with E-state index in [1.165, 1.54) is 0 Å². The highest BCUT2D eigenvalue weighted by molar-refractivity contribution is 6.06. The maximum atomic E-state index is 13.3. The van der Waals surface area contributed by atoms with Gasteiger partial charge in [-0.05, 0) is 67.0 Å². The summed E-state index contributed by atoms with van der Waals surface area (Å²) in [6.07, 6.45) is 0.744. The molecule has 2 heterocycles. The second kappa shape index (κ2) is 14.3. The van der Waals surface area contributed by atoms with Gasteiger partial charge in [0, 0.05) is 57.9 Å². The monoisotopic (exact) mass is 570 g/mol. The fourth-order valence-electron chi connectivity index (χ4n) is 5.47. The third-order valence-corrected chi connectivity index (χ3v) is 7.94. The first-order chi connectivity index (χ1) is 20.5. The second-order valence-electron chi connectivity index (χ2n) is 11.0. The van der Waals surface area contributed by atoms with Crippen LogP contribution in [-0.2, 0) is 11.3 Å². The molecule has 2 fully saturated rings. The minimum absolute atomic E-state index is 0.0274. The molecule has 0 bridgehead atoms. The predicted octanol–water partition coefficient (Wildman–Crippen LogP) is 3.96. The van der Waals surface area contributed by atoms with E-state index in [2.05, 4.69) is 58.6 Å². The summed E-state index contributed by atoms with van der Waals surface area (Å²) < 4.78 is 5.44. The van der Waals surface area contributed by atoms with Gasteiger partial charge >= 0.3 is 6.03 Å². The average Bonchev–Trinajstić information content (AvgIpc) is 3.04. The van der Waals surface area contributed by atoms with Crippen molar-refractivity contribution in [2.45, 2.75) is 13.0 Å². The van der Waals surface area contributed by atoms with Crippen LogP contribution in [0, 0.1) is 0 Å². The van der Waals surface area contributed by atoms with Crippen LogP contribution in [0.15, 0.2) is 72.8 Å². The highest BCUT2D eigenvalue weighted by Gasteiger charge is 2.23. The van der Waals surface area contributed by atoms with Gasteiger partial charge in [-0.15, -0.1) is 0 Å². The molecule has 3 aromatic carbocycles. The van der Waals surface area contributed by atoms with E-state index in [9.17, 15) is 9.59 Å². The maximum absolute atomic E-state index is 13.3. The Labute approximate surface area is 248 Å². The van der Waals surface area contributed by atoms with Crippen molar-refractivity contribution in [1.29, 1.82) is 0 Å². The quantitative estimate of drug-likeness (QED) is 0.405. The largest absolute Gasteiger partial charge is 0.378 e. The number of amides is 3. The van der Waals surface area contributed by atoms with Crippen LogP contribution < -0.4 is 16.0 Å². The molecule has 9 heteroatoms. The van der Waals surface area contributed by atoms with E-state index in [-0.39, 0.29) is 11.9 Å². The van der Waals surface area contributed by atoms with Crippen molar-refractivity contribution in [3.05, 3.63) is 83.9 Å². The van der Waals surface area contributed by atoms with E-state index >= 15 is 0 Å².